The van der Waals surface area contributed by atoms with E-state index in [2.05, 4.69) is 15.9 Å². The Labute approximate surface area is 111 Å². The van der Waals surface area contributed by atoms with Crippen molar-refractivity contribution >= 4 is 33.2 Å². The van der Waals surface area contributed by atoms with Crippen LogP contribution in [-0.4, -0.2) is 4.92 Å². The molecule has 2 aromatic rings. The molecule has 0 heterocycles. The van der Waals surface area contributed by atoms with E-state index in [4.69, 9.17) is 11.6 Å². The first-order valence-corrected chi connectivity index (χ1v) is 5.95. The highest BCUT2D eigenvalue weighted by atomic mass is 79.9. The molecule has 0 N–H and O–H groups in total. The average molecular weight is 313 g/mol. The van der Waals surface area contributed by atoms with Gasteiger partial charge in [0.2, 0.25) is 0 Å². The van der Waals surface area contributed by atoms with E-state index in [9.17, 15) is 10.1 Å². The van der Waals surface area contributed by atoms with Crippen LogP contribution in [0.3, 0.4) is 0 Å². The van der Waals surface area contributed by atoms with Crippen molar-refractivity contribution in [2.45, 2.75) is 0 Å². The quantitative estimate of drug-likeness (QED) is 0.597. The van der Waals surface area contributed by atoms with Crippen LogP contribution >= 0.6 is 27.5 Å². The SMILES string of the molecule is O=[N+]([O-])c1ccccc1-c1ccc(Cl)c(Br)c1. The molecule has 17 heavy (non-hydrogen) atoms. The Kier molecular flexibility index (Phi) is 3.45. The minimum absolute atomic E-state index is 0.0849. The maximum atomic E-state index is 10.9. The van der Waals surface area contributed by atoms with Gasteiger partial charge in [-0.05, 0) is 39.7 Å². The summed E-state index contributed by atoms with van der Waals surface area (Å²) >= 11 is 9.19. The van der Waals surface area contributed by atoms with E-state index in [1.807, 2.05) is 0 Å². The van der Waals surface area contributed by atoms with Gasteiger partial charge >= 0.3 is 0 Å². The molecule has 0 saturated heterocycles. The van der Waals surface area contributed by atoms with Gasteiger partial charge in [0, 0.05) is 10.5 Å². The second-order valence-corrected chi connectivity index (χ2v) is 4.66. The second kappa shape index (κ2) is 4.85. The summed E-state index contributed by atoms with van der Waals surface area (Å²) in [6, 6.07) is 11.8. The van der Waals surface area contributed by atoms with Gasteiger partial charge in [0.1, 0.15) is 0 Å². The Morgan fingerprint density at radius 3 is 2.53 bits per heavy atom. The van der Waals surface area contributed by atoms with E-state index in [0.29, 0.717) is 10.6 Å². The number of para-hydroxylation sites is 1. The summed E-state index contributed by atoms with van der Waals surface area (Å²) < 4.78 is 0.717. The van der Waals surface area contributed by atoms with Crippen LogP contribution in [-0.2, 0) is 0 Å². The van der Waals surface area contributed by atoms with E-state index >= 15 is 0 Å². The Hall–Kier alpha value is -1.39. The highest BCUT2D eigenvalue weighted by molar-refractivity contribution is 9.10. The van der Waals surface area contributed by atoms with Gasteiger partial charge in [0.25, 0.3) is 5.69 Å². The van der Waals surface area contributed by atoms with Crippen LogP contribution in [0.15, 0.2) is 46.9 Å². The maximum absolute atomic E-state index is 10.9. The normalized spacial score (nSPS) is 10.2. The monoisotopic (exact) mass is 311 g/mol. The van der Waals surface area contributed by atoms with Crippen LogP contribution in [0.1, 0.15) is 0 Å². The van der Waals surface area contributed by atoms with Gasteiger partial charge in [0.15, 0.2) is 0 Å². The zero-order valence-corrected chi connectivity index (χ0v) is 10.9. The lowest BCUT2D eigenvalue weighted by Gasteiger charge is -2.04. The molecule has 0 aliphatic carbocycles. The number of nitrogens with zero attached hydrogens (tertiary/aromatic N) is 1. The fourth-order valence-corrected chi connectivity index (χ4v) is 2.04. The van der Waals surface area contributed by atoms with Crippen molar-refractivity contribution < 1.29 is 4.92 Å². The average Bonchev–Trinajstić information content (AvgIpc) is 2.32. The summed E-state index contributed by atoms with van der Waals surface area (Å²) in [6.45, 7) is 0. The van der Waals surface area contributed by atoms with Crippen molar-refractivity contribution in [3.05, 3.63) is 62.1 Å². The third-order valence-electron chi connectivity index (χ3n) is 2.33. The number of nitro groups is 1. The highest BCUT2D eigenvalue weighted by Crippen LogP contribution is 2.33. The van der Waals surface area contributed by atoms with E-state index in [-0.39, 0.29) is 5.69 Å². The van der Waals surface area contributed by atoms with Gasteiger partial charge in [-0.25, -0.2) is 0 Å². The first-order chi connectivity index (χ1) is 8.09. The molecule has 5 heteroatoms. The Bertz CT molecular complexity index is 586. The molecule has 0 aliphatic heterocycles. The van der Waals surface area contributed by atoms with Gasteiger partial charge in [-0.3, -0.25) is 10.1 Å². The standard InChI is InChI=1S/C12H7BrClNO2/c13-10-7-8(5-6-11(10)14)9-3-1-2-4-12(9)15(16)17/h1-7H. The summed E-state index contributed by atoms with van der Waals surface area (Å²) in [6.07, 6.45) is 0. The largest absolute Gasteiger partial charge is 0.277 e. The fraction of sp³-hybridized carbons (Fsp3) is 0. The molecule has 3 nitrogen and oxygen atoms in total. The van der Waals surface area contributed by atoms with E-state index in [1.165, 1.54) is 6.07 Å². The van der Waals surface area contributed by atoms with Crippen molar-refractivity contribution in [1.82, 2.24) is 0 Å². The molecular formula is C12H7BrClNO2. The molecule has 0 radical (unpaired) electrons. The molecule has 0 spiro atoms. The Balaban J connectivity index is 2.60. The van der Waals surface area contributed by atoms with Gasteiger partial charge in [0.05, 0.1) is 15.5 Å². The van der Waals surface area contributed by atoms with Crippen molar-refractivity contribution in [1.29, 1.82) is 0 Å². The molecule has 0 amide bonds. The van der Waals surface area contributed by atoms with Crippen molar-refractivity contribution in [3.63, 3.8) is 0 Å². The van der Waals surface area contributed by atoms with Crippen LogP contribution in [0.5, 0.6) is 0 Å². The number of rotatable bonds is 2. The lowest BCUT2D eigenvalue weighted by atomic mass is 10.0. The third kappa shape index (κ3) is 2.48. The summed E-state index contributed by atoms with van der Waals surface area (Å²) in [5, 5.41) is 11.5. The fourth-order valence-electron chi connectivity index (χ4n) is 1.54. The van der Waals surface area contributed by atoms with E-state index in [1.54, 1.807) is 36.4 Å². The van der Waals surface area contributed by atoms with Crippen LogP contribution in [0.2, 0.25) is 5.02 Å². The highest BCUT2D eigenvalue weighted by Gasteiger charge is 2.14. The molecule has 86 valence electrons. The molecule has 0 atom stereocenters. The van der Waals surface area contributed by atoms with Crippen molar-refractivity contribution in [3.8, 4) is 11.1 Å². The van der Waals surface area contributed by atoms with Gasteiger partial charge in [-0.15, -0.1) is 0 Å². The van der Waals surface area contributed by atoms with Crippen LogP contribution in [0, 0.1) is 10.1 Å². The van der Waals surface area contributed by atoms with Crippen LogP contribution in [0.25, 0.3) is 11.1 Å². The zero-order valence-electron chi connectivity index (χ0n) is 8.56. The molecule has 0 saturated carbocycles. The summed E-state index contributed by atoms with van der Waals surface area (Å²) in [5.41, 5.74) is 1.42. The van der Waals surface area contributed by atoms with Crippen LogP contribution < -0.4 is 0 Å². The third-order valence-corrected chi connectivity index (χ3v) is 3.55. The van der Waals surface area contributed by atoms with Crippen molar-refractivity contribution in [2.75, 3.05) is 0 Å². The number of hydrogen-bond donors (Lipinski definition) is 0. The lowest BCUT2D eigenvalue weighted by Crippen LogP contribution is -1.91. The van der Waals surface area contributed by atoms with Gasteiger partial charge in [-0.2, -0.15) is 0 Å². The molecule has 0 aliphatic rings. The number of nitro benzene ring substituents is 1. The van der Waals surface area contributed by atoms with Gasteiger partial charge < -0.3 is 0 Å². The first-order valence-electron chi connectivity index (χ1n) is 4.78. The molecule has 0 fully saturated rings. The predicted molar refractivity (Wildman–Crippen MR) is 71.2 cm³/mol. The molecule has 0 aromatic heterocycles. The second-order valence-electron chi connectivity index (χ2n) is 3.40. The van der Waals surface area contributed by atoms with E-state index < -0.39 is 4.92 Å². The number of halogens is 2. The lowest BCUT2D eigenvalue weighted by molar-refractivity contribution is -0.384. The van der Waals surface area contributed by atoms with Crippen molar-refractivity contribution in [2.24, 2.45) is 0 Å². The van der Waals surface area contributed by atoms with E-state index in [0.717, 1.165) is 10.0 Å². The minimum atomic E-state index is -0.391. The minimum Gasteiger partial charge on any atom is -0.258 e. The molecule has 0 unspecified atom stereocenters. The Morgan fingerprint density at radius 2 is 1.88 bits per heavy atom. The zero-order chi connectivity index (χ0) is 12.4. The Morgan fingerprint density at radius 1 is 1.18 bits per heavy atom. The van der Waals surface area contributed by atoms with Crippen LogP contribution in [0.4, 0.5) is 5.69 Å². The predicted octanol–water partition coefficient (Wildman–Crippen LogP) is 4.68. The smallest absolute Gasteiger partial charge is 0.258 e. The number of hydrogen-bond acceptors (Lipinski definition) is 2. The molecule has 2 aromatic carbocycles. The van der Waals surface area contributed by atoms with Gasteiger partial charge in [-0.1, -0.05) is 29.8 Å². The first kappa shape index (κ1) is 12.1. The summed E-state index contributed by atoms with van der Waals surface area (Å²) in [4.78, 5) is 10.5. The molecule has 2 rings (SSSR count). The summed E-state index contributed by atoms with van der Waals surface area (Å²) in [7, 11) is 0. The number of benzene rings is 2. The maximum Gasteiger partial charge on any atom is 0.277 e. The summed E-state index contributed by atoms with van der Waals surface area (Å²) in [5.74, 6) is 0. The molecular weight excluding hydrogens is 305 g/mol. The molecule has 0 bridgehead atoms. The topological polar surface area (TPSA) is 43.1 Å².